The van der Waals surface area contributed by atoms with Gasteiger partial charge in [0.15, 0.2) is 5.43 Å². The molecule has 1 heterocycles. The summed E-state index contributed by atoms with van der Waals surface area (Å²) in [5, 5.41) is 1.43. The van der Waals surface area contributed by atoms with E-state index in [4.69, 9.17) is 0 Å². The first-order valence-corrected chi connectivity index (χ1v) is 9.00. The first-order valence-electron chi connectivity index (χ1n) is 9.00. The maximum absolute atomic E-state index is 13.2. The number of aromatic nitrogens is 1. The molecule has 128 valence electrons. The summed E-state index contributed by atoms with van der Waals surface area (Å²) in [4.78, 5) is 16.6. The summed E-state index contributed by atoms with van der Waals surface area (Å²) in [5.74, 6) is 0. The van der Waals surface area contributed by atoms with E-state index in [1.54, 1.807) is 0 Å². The fraction of sp³-hybridized carbons (Fsp3) is 0. The van der Waals surface area contributed by atoms with Crippen LogP contribution in [0.15, 0.2) is 102 Å². The molecule has 0 spiro atoms. The van der Waals surface area contributed by atoms with Gasteiger partial charge in [0.2, 0.25) is 0 Å². The van der Waals surface area contributed by atoms with Crippen LogP contribution in [0, 0.1) is 0 Å². The van der Waals surface area contributed by atoms with Crippen LogP contribution in [0.4, 0.5) is 0 Å². The lowest BCUT2D eigenvalue weighted by Crippen LogP contribution is -2.04. The predicted octanol–water partition coefficient (Wildman–Crippen LogP) is 6.02. The molecule has 0 atom stereocenters. The van der Waals surface area contributed by atoms with Gasteiger partial charge in [-0.05, 0) is 46.5 Å². The molecule has 0 aliphatic heterocycles. The highest BCUT2D eigenvalue weighted by Crippen LogP contribution is 2.26. The number of nitrogens with one attached hydrogen (secondary N) is 1. The van der Waals surface area contributed by atoms with Gasteiger partial charge < -0.3 is 4.98 Å². The second-order valence-corrected chi connectivity index (χ2v) is 6.71. The molecule has 0 amide bonds. The van der Waals surface area contributed by atoms with Crippen molar-refractivity contribution in [3.8, 4) is 22.3 Å². The number of hydrogen-bond donors (Lipinski definition) is 1. The maximum atomic E-state index is 13.2. The van der Waals surface area contributed by atoms with E-state index in [2.05, 4.69) is 41.4 Å². The van der Waals surface area contributed by atoms with Crippen molar-refractivity contribution < 1.29 is 0 Å². The van der Waals surface area contributed by atoms with Gasteiger partial charge in [-0.2, -0.15) is 0 Å². The van der Waals surface area contributed by atoms with Gasteiger partial charge in [0.1, 0.15) is 0 Å². The van der Waals surface area contributed by atoms with Gasteiger partial charge in [0, 0.05) is 21.8 Å². The number of pyridine rings is 1. The summed E-state index contributed by atoms with van der Waals surface area (Å²) < 4.78 is 0. The fourth-order valence-electron chi connectivity index (χ4n) is 3.59. The number of fused-ring (bicyclic) bond motifs is 2. The normalized spacial score (nSPS) is 11.1. The van der Waals surface area contributed by atoms with E-state index in [0.717, 1.165) is 33.3 Å². The Kier molecular flexibility index (Phi) is 3.61. The van der Waals surface area contributed by atoms with Gasteiger partial charge >= 0.3 is 0 Å². The predicted molar refractivity (Wildman–Crippen MR) is 113 cm³/mol. The molecule has 2 heteroatoms. The first-order chi connectivity index (χ1) is 13.3. The van der Waals surface area contributed by atoms with Crippen LogP contribution in [0.5, 0.6) is 0 Å². The molecule has 0 aliphatic carbocycles. The zero-order valence-electron chi connectivity index (χ0n) is 14.6. The lowest BCUT2D eigenvalue weighted by atomic mass is 10.00. The van der Waals surface area contributed by atoms with Gasteiger partial charge in [-0.15, -0.1) is 0 Å². The van der Waals surface area contributed by atoms with Crippen molar-refractivity contribution >= 4 is 21.8 Å². The Bertz CT molecular complexity index is 1220. The number of rotatable bonds is 2. The minimum atomic E-state index is 0.0642. The molecule has 0 fully saturated rings. The standard InChI is InChI=1S/C25H17NO/c27-25-21-15-19(17-7-3-1-4-8-17)11-13-23(21)26-24-14-12-20(16-22(24)25)18-9-5-2-6-10-18/h1-16H,(H,26,27). The third-order valence-corrected chi connectivity index (χ3v) is 5.01. The molecule has 4 aromatic carbocycles. The van der Waals surface area contributed by atoms with Gasteiger partial charge in [0.25, 0.3) is 0 Å². The molecule has 0 aliphatic rings. The highest BCUT2D eigenvalue weighted by molar-refractivity contribution is 5.96. The molecule has 1 N–H and O–H groups in total. The van der Waals surface area contributed by atoms with Crippen molar-refractivity contribution in [2.45, 2.75) is 0 Å². The van der Waals surface area contributed by atoms with E-state index >= 15 is 0 Å². The SMILES string of the molecule is O=c1c2cc(-c3ccccc3)ccc2[nH]c2ccc(-c3ccccc3)cc12. The molecule has 0 saturated heterocycles. The quantitative estimate of drug-likeness (QED) is 0.389. The largest absolute Gasteiger partial charge is 0.354 e. The topological polar surface area (TPSA) is 32.9 Å². The van der Waals surface area contributed by atoms with E-state index in [1.165, 1.54) is 0 Å². The monoisotopic (exact) mass is 347 g/mol. The molecule has 1 aromatic heterocycles. The Morgan fingerprint density at radius 3 is 1.37 bits per heavy atom. The van der Waals surface area contributed by atoms with Crippen LogP contribution < -0.4 is 5.43 Å². The van der Waals surface area contributed by atoms with Crippen molar-refractivity contribution in [2.24, 2.45) is 0 Å². The molecular formula is C25H17NO. The molecule has 5 aromatic rings. The van der Waals surface area contributed by atoms with Crippen LogP contribution in [0.3, 0.4) is 0 Å². The molecular weight excluding hydrogens is 330 g/mol. The van der Waals surface area contributed by atoms with Gasteiger partial charge in [-0.1, -0.05) is 72.8 Å². The molecule has 2 nitrogen and oxygen atoms in total. The Labute approximate surface area is 156 Å². The van der Waals surface area contributed by atoms with Crippen molar-refractivity contribution in [3.05, 3.63) is 107 Å². The van der Waals surface area contributed by atoms with E-state index in [0.29, 0.717) is 10.8 Å². The molecule has 0 unspecified atom stereocenters. The summed E-state index contributed by atoms with van der Waals surface area (Å²) in [6.45, 7) is 0. The van der Waals surface area contributed by atoms with Crippen molar-refractivity contribution in [3.63, 3.8) is 0 Å². The zero-order chi connectivity index (χ0) is 18.2. The van der Waals surface area contributed by atoms with Gasteiger partial charge in [-0.3, -0.25) is 4.79 Å². The second-order valence-electron chi connectivity index (χ2n) is 6.71. The second kappa shape index (κ2) is 6.26. The van der Waals surface area contributed by atoms with E-state index < -0.39 is 0 Å². The zero-order valence-corrected chi connectivity index (χ0v) is 14.6. The molecule has 27 heavy (non-hydrogen) atoms. The van der Waals surface area contributed by atoms with Crippen LogP contribution >= 0.6 is 0 Å². The smallest absolute Gasteiger partial charge is 0.197 e. The van der Waals surface area contributed by atoms with Gasteiger partial charge in [-0.25, -0.2) is 0 Å². The maximum Gasteiger partial charge on any atom is 0.197 e. The summed E-state index contributed by atoms with van der Waals surface area (Å²) in [5.41, 5.74) is 6.10. The lowest BCUT2D eigenvalue weighted by molar-refractivity contribution is 1.47. The molecule has 5 rings (SSSR count). The van der Waals surface area contributed by atoms with Crippen LogP contribution in [-0.4, -0.2) is 4.98 Å². The number of hydrogen-bond acceptors (Lipinski definition) is 1. The molecule has 0 radical (unpaired) electrons. The highest BCUT2D eigenvalue weighted by Gasteiger charge is 2.09. The third-order valence-electron chi connectivity index (χ3n) is 5.01. The van der Waals surface area contributed by atoms with Crippen LogP contribution in [0.25, 0.3) is 44.1 Å². The first kappa shape index (κ1) is 15.6. The van der Waals surface area contributed by atoms with E-state index in [1.807, 2.05) is 60.7 Å². The summed E-state index contributed by atoms with van der Waals surface area (Å²) in [7, 11) is 0. The molecule has 0 bridgehead atoms. The Morgan fingerprint density at radius 2 is 0.926 bits per heavy atom. The van der Waals surface area contributed by atoms with Crippen LogP contribution in [0.1, 0.15) is 0 Å². The third kappa shape index (κ3) is 2.72. The average molecular weight is 347 g/mol. The molecule has 0 saturated carbocycles. The minimum absolute atomic E-state index is 0.0642. The van der Waals surface area contributed by atoms with Gasteiger partial charge in [0.05, 0.1) is 0 Å². The Balaban J connectivity index is 1.75. The summed E-state index contributed by atoms with van der Waals surface area (Å²) >= 11 is 0. The van der Waals surface area contributed by atoms with Crippen molar-refractivity contribution in [1.29, 1.82) is 0 Å². The van der Waals surface area contributed by atoms with Crippen LogP contribution in [0.2, 0.25) is 0 Å². The van der Waals surface area contributed by atoms with E-state index in [-0.39, 0.29) is 5.43 Å². The number of aromatic amines is 1. The van der Waals surface area contributed by atoms with E-state index in [9.17, 15) is 4.79 Å². The highest BCUT2D eigenvalue weighted by atomic mass is 16.1. The number of benzene rings is 4. The minimum Gasteiger partial charge on any atom is -0.354 e. The van der Waals surface area contributed by atoms with Crippen LogP contribution in [-0.2, 0) is 0 Å². The number of H-pyrrole nitrogens is 1. The Hall–Kier alpha value is -3.65. The van der Waals surface area contributed by atoms with Crippen molar-refractivity contribution in [1.82, 2.24) is 4.98 Å². The lowest BCUT2D eigenvalue weighted by Gasteiger charge is -2.08. The summed E-state index contributed by atoms with van der Waals surface area (Å²) in [6, 6.07) is 32.3. The fourth-order valence-corrected chi connectivity index (χ4v) is 3.59. The van der Waals surface area contributed by atoms with Crippen molar-refractivity contribution in [2.75, 3.05) is 0 Å². The summed E-state index contributed by atoms with van der Waals surface area (Å²) in [6.07, 6.45) is 0. The average Bonchev–Trinajstić information content (AvgIpc) is 2.75. The Morgan fingerprint density at radius 1 is 0.481 bits per heavy atom.